The van der Waals surface area contributed by atoms with Crippen LogP contribution in [0, 0.1) is 0 Å². The van der Waals surface area contributed by atoms with Crippen molar-refractivity contribution in [2.75, 3.05) is 5.75 Å². The first-order chi connectivity index (χ1) is 10.5. The number of carbonyl (C=O) groups is 2. The summed E-state index contributed by atoms with van der Waals surface area (Å²) in [6, 6.07) is 9.35. The molecule has 1 N–H and O–H groups in total. The van der Waals surface area contributed by atoms with E-state index in [4.69, 9.17) is 0 Å². The lowest BCUT2D eigenvalue weighted by Gasteiger charge is -2.06. The minimum absolute atomic E-state index is 0.0304. The lowest BCUT2D eigenvalue weighted by atomic mass is 10.2. The van der Waals surface area contributed by atoms with Crippen molar-refractivity contribution in [3.05, 3.63) is 47.0 Å². The van der Waals surface area contributed by atoms with Gasteiger partial charge >= 0.3 is 0 Å². The number of nitrogens with zero attached hydrogens (tertiary/aromatic N) is 1. The highest BCUT2D eigenvalue weighted by atomic mass is 32.2. The molecule has 6 heteroatoms. The third-order valence-corrected chi connectivity index (χ3v) is 4.81. The second-order valence-corrected chi connectivity index (χ2v) is 7.16. The van der Waals surface area contributed by atoms with Crippen molar-refractivity contribution in [3.63, 3.8) is 0 Å². The van der Waals surface area contributed by atoms with Crippen molar-refractivity contribution in [1.82, 2.24) is 10.3 Å². The van der Waals surface area contributed by atoms with Crippen molar-refractivity contribution < 1.29 is 9.59 Å². The minimum atomic E-state index is -0.0304. The van der Waals surface area contributed by atoms with E-state index in [2.05, 4.69) is 10.3 Å². The zero-order valence-electron chi connectivity index (χ0n) is 12.5. The first-order valence-electron chi connectivity index (χ1n) is 6.99. The molecule has 4 nitrogen and oxygen atoms in total. The number of amides is 1. The molecule has 0 radical (unpaired) electrons. The second-order valence-electron chi connectivity index (χ2n) is 5.08. The van der Waals surface area contributed by atoms with Crippen molar-refractivity contribution in [2.45, 2.75) is 30.6 Å². The lowest BCUT2D eigenvalue weighted by molar-refractivity contribution is -0.120. The molecule has 0 aliphatic rings. The van der Waals surface area contributed by atoms with Gasteiger partial charge in [-0.05, 0) is 13.8 Å². The van der Waals surface area contributed by atoms with Crippen LogP contribution in [0.15, 0.2) is 40.1 Å². The summed E-state index contributed by atoms with van der Waals surface area (Å²) in [5, 5.41) is 4.71. The third-order valence-electron chi connectivity index (χ3n) is 2.74. The van der Waals surface area contributed by atoms with Gasteiger partial charge in [0.1, 0.15) is 0 Å². The molecule has 116 valence electrons. The molecule has 0 fully saturated rings. The van der Waals surface area contributed by atoms with E-state index in [9.17, 15) is 9.59 Å². The fourth-order valence-corrected chi connectivity index (χ4v) is 3.55. The van der Waals surface area contributed by atoms with E-state index in [-0.39, 0.29) is 24.2 Å². The van der Waals surface area contributed by atoms with Gasteiger partial charge in [-0.2, -0.15) is 0 Å². The maximum Gasteiger partial charge on any atom is 0.226 e. The fraction of sp³-hybridized carbons (Fsp3) is 0.312. The molecule has 1 heterocycles. The number of ketones is 1. The molecule has 0 unspecified atom stereocenters. The molecule has 1 aromatic heterocycles. The van der Waals surface area contributed by atoms with Crippen molar-refractivity contribution in [1.29, 1.82) is 0 Å². The van der Waals surface area contributed by atoms with Crippen LogP contribution in [-0.2, 0) is 11.2 Å². The summed E-state index contributed by atoms with van der Waals surface area (Å²) in [5.41, 5.74) is 1.46. The summed E-state index contributed by atoms with van der Waals surface area (Å²) in [6.07, 6.45) is 0.280. The van der Waals surface area contributed by atoms with Crippen LogP contribution >= 0.6 is 23.1 Å². The Balaban J connectivity index is 1.85. The number of nitrogens with one attached hydrogen (secondary N) is 1. The Morgan fingerprint density at radius 2 is 2.00 bits per heavy atom. The Morgan fingerprint density at radius 1 is 1.27 bits per heavy atom. The van der Waals surface area contributed by atoms with Crippen LogP contribution in [0.4, 0.5) is 0 Å². The minimum Gasteiger partial charge on any atom is -0.354 e. The van der Waals surface area contributed by atoms with E-state index in [1.165, 1.54) is 23.1 Å². The first kappa shape index (κ1) is 16.7. The summed E-state index contributed by atoms with van der Waals surface area (Å²) in [7, 11) is 0. The normalized spacial score (nSPS) is 10.7. The van der Waals surface area contributed by atoms with Crippen LogP contribution < -0.4 is 5.32 Å². The molecule has 0 saturated carbocycles. The van der Waals surface area contributed by atoms with E-state index in [1.807, 2.05) is 49.6 Å². The number of hydrogen-bond donors (Lipinski definition) is 1. The van der Waals surface area contributed by atoms with Gasteiger partial charge in [-0.3, -0.25) is 9.59 Å². The zero-order chi connectivity index (χ0) is 15.9. The van der Waals surface area contributed by atoms with Gasteiger partial charge in [-0.15, -0.1) is 11.3 Å². The van der Waals surface area contributed by atoms with E-state index in [1.54, 1.807) is 0 Å². The molecule has 22 heavy (non-hydrogen) atoms. The number of hydrogen-bond acceptors (Lipinski definition) is 5. The molecular weight excluding hydrogens is 316 g/mol. The van der Waals surface area contributed by atoms with Gasteiger partial charge in [-0.25, -0.2) is 4.98 Å². The average Bonchev–Trinajstić information content (AvgIpc) is 2.92. The van der Waals surface area contributed by atoms with Crippen LogP contribution in [0.2, 0.25) is 0 Å². The smallest absolute Gasteiger partial charge is 0.226 e. The van der Waals surface area contributed by atoms with Crippen LogP contribution in [-0.4, -0.2) is 28.5 Å². The second kappa shape index (κ2) is 8.10. The quantitative estimate of drug-likeness (QED) is 0.624. The standard InChI is InChI=1S/C16H18N2O2S2/c1-11(2)17-15(20)8-13-9-21-16(18-13)22-10-14(19)12-6-4-3-5-7-12/h3-7,9,11H,8,10H2,1-2H3,(H,17,20). The summed E-state index contributed by atoms with van der Waals surface area (Å²) in [4.78, 5) is 28.1. The van der Waals surface area contributed by atoms with Crippen molar-refractivity contribution >= 4 is 34.8 Å². The molecular formula is C16H18N2O2S2. The van der Waals surface area contributed by atoms with Crippen LogP contribution in [0.5, 0.6) is 0 Å². The highest BCUT2D eigenvalue weighted by Crippen LogP contribution is 2.23. The number of aromatic nitrogens is 1. The molecule has 2 aromatic rings. The van der Waals surface area contributed by atoms with Crippen LogP contribution in [0.3, 0.4) is 0 Å². The fourth-order valence-electron chi connectivity index (χ4n) is 1.81. The first-order valence-corrected chi connectivity index (χ1v) is 8.86. The number of thioether (sulfide) groups is 1. The predicted octanol–water partition coefficient (Wildman–Crippen LogP) is 3.19. The predicted molar refractivity (Wildman–Crippen MR) is 90.6 cm³/mol. The van der Waals surface area contributed by atoms with Crippen molar-refractivity contribution in [2.24, 2.45) is 0 Å². The average molecular weight is 334 g/mol. The summed E-state index contributed by atoms with van der Waals surface area (Å²) < 4.78 is 0.816. The Kier molecular flexibility index (Phi) is 6.15. The molecule has 0 bridgehead atoms. The van der Waals surface area contributed by atoms with Crippen molar-refractivity contribution in [3.8, 4) is 0 Å². The highest BCUT2D eigenvalue weighted by Gasteiger charge is 2.11. The SMILES string of the molecule is CC(C)NC(=O)Cc1csc(SCC(=O)c2ccccc2)n1. The molecule has 0 aliphatic heterocycles. The molecule has 1 aromatic carbocycles. The van der Waals surface area contributed by atoms with Gasteiger partial charge in [0.2, 0.25) is 5.91 Å². The summed E-state index contributed by atoms with van der Waals surface area (Å²) in [5.74, 6) is 0.409. The Labute approximate surface area is 138 Å². The van der Waals surface area contributed by atoms with E-state index in [0.717, 1.165) is 10.0 Å². The number of Topliss-reactive ketones (excluding diaryl/α,β-unsaturated/α-hetero) is 1. The van der Waals surface area contributed by atoms with E-state index < -0.39 is 0 Å². The third kappa shape index (κ3) is 5.27. The molecule has 0 aliphatic carbocycles. The maximum absolute atomic E-state index is 12.0. The Bertz CT molecular complexity index is 639. The van der Waals surface area contributed by atoms with Gasteiger partial charge in [0.15, 0.2) is 10.1 Å². The topological polar surface area (TPSA) is 59.1 Å². The molecule has 0 spiro atoms. The largest absolute Gasteiger partial charge is 0.354 e. The Hall–Kier alpha value is -1.66. The van der Waals surface area contributed by atoms with Gasteiger partial charge < -0.3 is 5.32 Å². The van der Waals surface area contributed by atoms with E-state index in [0.29, 0.717) is 11.3 Å². The molecule has 0 saturated heterocycles. The summed E-state index contributed by atoms with van der Waals surface area (Å²) in [6.45, 7) is 3.85. The van der Waals surface area contributed by atoms with Gasteiger partial charge in [0, 0.05) is 17.0 Å². The number of thiazole rings is 1. The van der Waals surface area contributed by atoms with Gasteiger partial charge in [0.05, 0.1) is 17.9 Å². The van der Waals surface area contributed by atoms with Crippen LogP contribution in [0.1, 0.15) is 29.9 Å². The van der Waals surface area contributed by atoms with E-state index >= 15 is 0 Å². The molecule has 1 amide bonds. The highest BCUT2D eigenvalue weighted by molar-refractivity contribution is 8.01. The summed E-state index contributed by atoms with van der Waals surface area (Å²) >= 11 is 2.88. The van der Waals surface area contributed by atoms with Gasteiger partial charge in [0.25, 0.3) is 0 Å². The van der Waals surface area contributed by atoms with Crippen LogP contribution in [0.25, 0.3) is 0 Å². The Morgan fingerprint density at radius 3 is 2.68 bits per heavy atom. The maximum atomic E-state index is 12.0. The monoisotopic (exact) mass is 334 g/mol. The lowest BCUT2D eigenvalue weighted by Crippen LogP contribution is -2.31. The number of carbonyl (C=O) groups excluding carboxylic acids is 2. The molecule has 0 atom stereocenters. The van der Waals surface area contributed by atoms with Gasteiger partial charge in [-0.1, -0.05) is 42.1 Å². The number of rotatable bonds is 7. The molecule has 2 rings (SSSR count). The number of benzene rings is 1. The zero-order valence-corrected chi connectivity index (χ0v) is 14.2.